The first-order chi connectivity index (χ1) is 9.73. The van der Waals surface area contributed by atoms with E-state index in [0.29, 0.717) is 19.5 Å². The third-order valence-electron chi connectivity index (χ3n) is 3.45. The van der Waals surface area contributed by atoms with Crippen molar-refractivity contribution in [1.82, 2.24) is 18.8 Å². The van der Waals surface area contributed by atoms with E-state index in [1.54, 1.807) is 23.9 Å². The van der Waals surface area contributed by atoms with Crippen molar-refractivity contribution in [3.63, 3.8) is 0 Å². The normalized spacial score (nSPS) is 20.4. The van der Waals surface area contributed by atoms with Crippen LogP contribution in [0.3, 0.4) is 0 Å². The molecule has 0 spiro atoms. The van der Waals surface area contributed by atoms with Crippen LogP contribution in [-0.2, 0) is 26.6 Å². The summed E-state index contributed by atoms with van der Waals surface area (Å²) in [4.78, 5) is 0. The number of nitrogens with one attached hydrogen (secondary N) is 1. The summed E-state index contributed by atoms with van der Waals surface area (Å²) in [5.41, 5.74) is 0.822. The molecule has 1 aromatic rings. The van der Waals surface area contributed by atoms with Crippen LogP contribution in [0.4, 0.5) is 0 Å². The van der Waals surface area contributed by atoms with Gasteiger partial charge in [-0.15, -0.1) is 0 Å². The summed E-state index contributed by atoms with van der Waals surface area (Å²) < 4.78 is 51.9. The van der Waals surface area contributed by atoms with Gasteiger partial charge in [0.15, 0.2) is 0 Å². The molecule has 0 radical (unpaired) electrons. The van der Waals surface area contributed by atoms with Gasteiger partial charge in [-0.2, -0.15) is 9.40 Å². The number of hydrogen-bond donors (Lipinski definition) is 1. The van der Waals surface area contributed by atoms with E-state index in [1.165, 1.54) is 4.31 Å². The number of rotatable bonds is 6. The molecule has 1 aliphatic rings. The fourth-order valence-corrected chi connectivity index (χ4v) is 3.95. The molecule has 0 aliphatic carbocycles. The molecular formula is C11H20N4O4S2. The average molecular weight is 336 g/mol. The molecule has 0 saturated carbocycles. The molecule has 1 aromatic heterocycles. The van der Waals surface area contributed by atoms with Crippen LogP contribution < -0.4 is 4.72 Å². The lowest BCUT2D eigenvalue weighted by Crippen LogP contribution is -2.42. The highest BCUT2D eigenvalue weighted by atomic mass is 32.2. The van der Waals surface area contributed by atoms with Gasteiger partial charge in [-0.3, -0.25) is 4.68 Å². The Morgan fingerprint density at radius 1 is 1.38 bits per heavy atom. The van der Waals surface area contributed by atoms with Crippen LogP contribution in [0.5, 0.6) is 0 Å². The van der Waals surface area contributed by atoms with Crippen LogP contribution in [-0.4, -0.2) is 56.0 Å². The maximum absolute atomic E-state index is 12.0. The van der Waals surface area contributed by atoms with E-state index in [0.717, 1.165) is 11.9 Å². The van der Waals surface area contributed by atoms with E-state index < -0.39 is 20.0 Å². The number of sulfonamides is 2. The molecule has 1 N–H and O–H groups in total. The summed E-state index contributed by atoms with van der Waals surface area (Å²) in [5.74, 6) is 0.0510. The minimum atomic E-state index is -3.27. The van der Waals surface area contributed by atoms with Gasteiger partial charge < -0.3 is 0 Å². The second kappa shape index (κ2) is 6.03. The second-order valence-corrected chi connectivity index (χ2v) is 9.16. The molecule has 8 nitrogen and oxygen atoms in total. The van der Waals surface area contributed by atoms with Crippen LogP contribution in [0.2, 0.25) is 0 Å². The van der Waals surface area contributed by atoms with E-state index in [9.17, 15) is 16.8 Å². The fourth-order valence-electron chi connectivity index (χ4n) is 2.37. The topological polar surface area (TPSA) is 101 Å². The standard InChI is InChI=1S/C11H20N4O4S2/c1-3-21(18,19)14-8-10-4-6-12-15(10)11(9-14)5-7-13-20(2,16)17/h4,6,11,13H,3,5,7-9H2,1-2H3/t11-/m0/s1. The Kier molecular flexibility index (Phi) is 4.71. The van der Waals surface area contributed by atoms with Gasteiger partial charge in [-0.1, -0.05) is 0 Å². The zero-order valence-electron chi connectivity index (χ0n) is 12.1. The van der Waals surface area contributed by atoms with Gasteiger partial charge in [0.2, 0.25) is 20.0 Å². The lowest BCUT2D eigenvalue weighted by molar-refractivity contribution is 0.256. The van der Waals surface area contributed by atoms with Crippen LogP contribution >= 0.6 is 0 Å². The third-order valence-corrected chi connectivity index (χ3v) is 5.97. The minimum absolute atomic E-state index is 0.0510. The lowest BCUT2D eigenvalue weighted by atomic mass is 10.1. The number of nitrogens with zero attached hydrogens (tertiary/aromatic N) is 3. The van der Waals surface area contributed by atoms with E-state index in [2.05, 4.69) is 9.82 Å². The molecule has 10 heteroatoms. The summed E-state index contributed by atoms with van der Waals surface area (Å²) in [5, 5.41) is 4.21. The van der Waals surface area contributed by atoms with E-state index in [1.807, 2.05) is 0 Å². The molecule has 0 unspecified atom stereocenters. The molecule has 0 saturated heterocycles. The molecule has 0 amide bonds. The summed E-state index contributed by atoms with van der Waals surface area (Å²) >= 11 is 0. The summed E-state index contributed by atoms with van der Waals surface area (Å²) in [7, 11) is -6.52. The SMILES string of the molecule is CCS(=O)(=O)N1Cc2ccnn2[C@@H](CCNS(C)(=O)=O)C1. The summed E-state index contributed by atoms with van der Waals surface area (Å²) in [6.45, 7) is 2.49. The number of fused-ring (bicyclic) bond motifs is 1. The third kappa shape index (κ3) is 4.02. The van der Waals surface area contributed by atoms with Crippen molar-refractivity contribution in [3.8, 4) is 0 Å². The zero-order chi connectivity index (χ0) is 15.7. The van der Waals surface area contributed by atoms with Crippen molar-refractivity contribution in [1.29, 1.82) is 0 Å². The van der Waals surface area contributed by atoms with E-state index in [-0.39, 0.29) is 18.3 Å². The molecule has 120 valence electrons. The Balaban J connectivity index is 2.14. The largest absolute Gasteiger partial charge is 0.264 e. The van der Waals surface area contributed by atoms with Crippen molar-refractivity contribution < 1.29 is 16.8 Å². The first-order valence-electron chi connectivity index (χ1n) is 6.68. The van der Waals surface area contributed by atoms with Gasteiger partial charge in [0, 0.05) is 19.3 Å². The smallest absolute Gasteiger partial charge is 0.214 e. The molecular weight excluding hydrogens is 316 g/mol. The first kappa shape index (κ1) is 16.4. The Morgan fingerprint density at radius 3 is 2.71 bits per heavy atom. The second-order valence-electron chi connectivity index (χ2n) is 5.07. The van der Waals surface area contributed by atoms with Crippen molar-refractivity contribution >= 4 is 20.0 Å². The van der Waals surface area contributed by atoms with Crippen molar-refractivity contribution in [2.24, 2.45) is 0 Å². The van der Waals surface area contributed by atoms with Crippen molar-refractivity contribution in [2.45, 2.75) is 25.9 Å². The van der Waals surface area contributed by atoms with Crippen molar-refractivity contribution in [3.05, 3.63) is 18.0 Å². The Bertz CT molecular complexity index is 696. The monoisotopic (exact) mass is 336 g/mol. The van der Waals surface area contributed by atoms with Gasteiger partial charge >= 0.3 is 0 Å². The molecule has 2 rings (SSSR count). The maximum Gasteiger partial charge on any atom is 0.214 e. The van der Waals surface area contributed by atoms with E-state index >= 15 is 0 Å². The fraction of sp³-hybridized carbons (Fsp3) is 0.727. The number of aromatic nitrogens is 2. The van der Waals surface area contributed by atoms with Gasteiger partial charge in [-0.25, -0.2) is 21.6 Å². The Labute approximate surface area is 125 Å². The molecule has 21 heavy (non-hydrogen) atoms. The molecule has 0 fully saturated rings. The first-order valence-corrected chi connectivity index (χ1v) is 10.2. The molecule has 1 aliphatic heterocycles. The lowest BCUT2D eigenvalue weighted by Gasteiger charge is -2.33. The quantitative estimate of drug-likeness (QED) is 0.757. The highest BCUT2D eigenvalue weighted by Crippen LogP contribution is 2.24. The average Bonchev–Trinajstić information content (AvgIpc) is 2.85. The zero-order valence-corrected chi connectivity index (χ0v) is 13.7. The molecule has 2 heterocycles. The Hall–Kier alpha value is -0.970. The van der Waals surface area contributed by atoms with Crippen molar-refractivity contribution in [2.75, 3.05) is 25.1 Å². The predicted octanol–water partition coefficient (Wildman–Crippen LogP) is -0.471. The molecule has 0 aromatic carbocycles. The van der Waals surface area contributed by atoms with Gasteiger partial charge in [0.1, 0.15) is 0 Å². The number of hydrogen-bond acceptors (Lipinski definition) is 5. The molecule has 1 atom stereocenters. The summed E-state index contributed by atoms with van der Waals surface area (Å²) in [6.07, 6.45) is 3.22. The summed E-state index contributed by atoms with van der Waals surface area (Å²) in [6, 6.07) is 1.62. The molecule has 0 bridgehead atoms. The highest BCUT2D eigenvalue weighted by molar-refractivity contribution is 7.89. The van der Waals surface area contributed by atoms with E-state index in [4.69, 9.17) is 0 Å². The van der Waals surface area contributed by atoms with Gasteiger partial charge in [-0.05, 0) is 19.4 Å². The van der Waals surface area contributed by atoms with Crippen LogP contribution in [0.25, 0.3) is 0 Å². The van der Waals surface area contributed by atoms with Crippen LogP contribution in [0.15, 0.2) is 12.3 Å². The maximum atomic E-state index is 12.0. The van der Waals surface area contributed by atoms with Crippen LogP contribution in [0, 0.1) is 0 Å². The highest BCUT2D eigenvalue weighted by Gasteiger charge is 2.31. The van der Waals surface area contributed by atoms with Gasteiger partial charge in [0.05, 0.1) is 30.3 Å². The van der Waals surface area contributed by atoms with Gasteiger partial charge in [0.25, 0.3) is 0 Å². The predicted molar refractivity (Wildman–Crippen MR) is 78.6 cm³/mol. The van der Waals surface area contributed by atoms with Crippen LogP contribution in [0.1, 0.15) is 25.1 Å². The minimum Gasteiger partial charge on any atom is -0.264 e. The Morgan fingerprint density at radius 2 is 2.10 bits per heavy atom.